The Labute approximate surface area is 200 Å². The number of nitro benzene ring substituents is 1. The second kappa shape index (κ2) is 12.2. The van der Waals surface area contributed by atoms with Crippen LogP contribution in [0.3, 0.4) is 0 Å². The Bertz CT molecular complexity index is 1030. The van der Waals surface area contributed by atoms with E-state index in [1.165, 1.54) is 12.1 Å². The van der Waals surface area contributed by atoms with Crippen molar-refractivity contribution < 1.29 is 24.0 Å². The van der Waals surface area contributed by atoms with Crippen LogP contribution in [0.1, 0.15) is 29.8 Å². The number of nitrogens with one attached hydrogen (secondary N) is 2. The van der Waals surface area contributed by atoms with E-state index in [0.29, 0.717) is 18.0 Å². The van der Waals surface area contributed by atoms with Gasteiger partial charge in [-0.25, -0.2) is 4.79 Å². The third-order valence-electron chi connectivity index (χ3n) is 4.61. The Morgan fingerprint density at radius 2 is 1.76 bits per heavy atom. The number of nitrogens with zero attached hydrogens (tertiary/aromatic N) is 1. The third-order valence-corrected chi connectivity index (χ3v) is 5.18. The molecule has 9 nitrogen and oxygen atoms in total. The lowest BCUT2D eigenvalue weighted by molar-refractivity contribution is -0.384. The first-order valence-electron chi connectivity index (χ1n) is 10.0. The van der Waals surface area contributed by atoms with Gasteiger partial charge in [-0.05, 0) is 42.2 Å². The van der Waals surface area contributed by atoms with Crippen molar-refractivity contribution in [2.24, 2.45) is 5.92 Å². The Morgan fingerprint density at radius 1 is 1.09 bits per heavy atom. The second-order valence-corrected chi connectivity index (χ2v) is 8.30. The number of hydrogen-bond acceptors (Lipinski definition) is 6. The van der Waals surface area contributed by atoms with Crippen LogP contribution < -0.4 is 10.6 Å². The van der Waals surface area contributed by atoms with E-state index in [2.05, 4.69) is 10.6 Å². The zero-order valence-electron chi connectivity index (χ0n) is 18.0. The van der Waals surface area contributed by atoms with E-state index in [1.807, 2.05) is 12.1 Å². The van der Waals surface area contributed by atoms with Gasteiger partial charge in [0, 0.05) is 23.2 Å². The Hall–Kier alpha value is -3.17. The molecule has 0 spiro atoms. The van der Waals surface area contributed by atoms with Crippen LogP contribution in [-0.4, -0.2) is 41.9 Å². The molecule has 2 aromatic rings. The van der Waals surface area contributed by atoms with Gasteiger partial charge in [-0.15, -0.1) is 0 Å². The molecule has 176 valence electrons. The average Bonchev–Trinajstić information content (AvgIpc) is 2.76. The summed E-state index contributed by atoms with van der Waals surface area (Å²) >= 11 is 11.6. The van der Waals surface area contributed by atoms with Gasteiger partial charge >= 0.3 is 5.97 Å². The normalized spacial score (nSPS) is 11.5. The molecule has 2 aromatic carbocycles. The van der Waals surface area contributed by atoms with Crippen molar-refractivity contribution in [2.45, 2.75) is 26.3 Å². The number of hydrogen-bond donors (Lipinski definition) is 2. The number of ether oxygens (including phenoxy) is 1. The maximum Gasteiger partial charge on any atom is 0.329 e. The Kier molecular flexibility index (Phi) is 9.62. The van der Waals surface area contributed by atoms with Crippen LogP contribution in [0.25, 0.3) is 0 Å². The van der Waals surface area contributed by atoms with Gasteiger partial charge in [0.05, 0.1) is 4.92 Å². The van der Waals surface area contributed by atoms with Gasteiger partial charge in [0.2, 0.25) is 0 Å². The molecule has 0 radical (unpaired) electrons. The van der Waals surface area contributed by atoms with Crippen molar-refractivity contribution in [1.82, 2.24) is 10.6 Å². The summed E-state index contributed by atoms with van der Waals surface area (Å²) in [6, 6.07) is 9.70. The lowest BCUT2D eigenvalue weighted by Crippen LogP contribution is -2.46. The monoisotopic (exact) mass is 495 g/mol. The van der Waals surface area contributed by atoms with Gasteiger partial charge in [0.1, 0.15) is 11.1 Å². The fourth-order valence-corrected chi connectivity index (χ4v) is 3.10. The zero-order chi connectivity index (χ0) is 24.5. The molecule has 1 atom stereocenters. The number of nitro groups is 1. The van der Waals surface area contributed by atoms with Crippen LogP contribution in [0.2, 0.25) is 10.0 Å². The number of halogens is 2. The van der Waals surface area contributed by atoms with Gasteiger partial charge in [-0.2, -0.15) is 0 Å². The lowest BCUT2D eigenvalue weighted by atomic mass is 10.0. The first kappa shape index (κ1) is 26.1. The van der Waals surface area contributed by atoms with Gasteiger partial charge in [0.25, 0.3) is 17.5 Å². The van der Waals surface area contributed by atoms with Crippen molar-refractivity contribution in [1.29, 1.82) is 0 Å². The van der Waals surface area contributed by atoms with E-state index >= 15 is 0 Å². The Balaban J connectivity index is 1.88. The van der Waals surface area contributed by atoms with Gasteiger partial charge in [-0.3, -0.25) is 19.7 Å². The maximum atomic E-state index is 12.5. The van der Waals surface area contributed by atoms with Gasteiger partial charge < -0.3 is 15.4 Å². The number of benzene rings is 2. The third kappa shape index (κ3) is 8.03. The smallest absolute Gasteiger partial charge is 0.329 e. The molecule has 2 N–H and O–H groups in total. The maximum absolute atomic E-state index is 12.5. The van der Waals surface area contributed by atoms with Crippen LogP contribution >= 0.6 is 23.2 Å². The molecule has 33 heavy (non-hydrogen) atoms. The lowest BCUT2D eigenvalue weighted by Gasteiger charge is -2.20. The van der Waals surface area contributed by atoms with E-state index in [1.54, 1.807) is 26.0 Å². The molecular formula is C22H23Cl2N3O6. The molecule has 0 saturated heterocycles. The fourth-order valence-electron chi connectivity index (χ4n) is 2.79. The van der Waals surface area contributed by atoms with Crippen molar-refractivity contribution in [3.8, 4) is 0 Å². The first-order valence-corrected chi connectivity index (χ1v) is 10.8. The van der Waals surface area contributed by atoms with Crippen LogP contribution in [0.5, 0.6) is 0 Å². The number of rotatable bonds is 10. The van der Waals surface area contributed by atoms with Crippen LogP contribution in [-0.2, 0) is 20.7 Å². The highest BCUT2D eigenvalue weighted by Gasteiger charge is 2.27. The summed E-state index contributed by atoms with van der Waals surface area (Å²) in [4.78, 5) is 47.3. The SMILES string of the molecule is CC(C)[C@H](NC(=O)c1ccc(Cl)c([N+](=O)[O-])c1)C(=O)OCC(=O)NCCc1ccc(Cl)cc1. The highest BCUT2D eigenvalue weighted by atomic mass is 35.5. The van der Waals surface area contributed by atoms with Crippen LogP contribution in [0, 0.1) is 16.0 Å². The number of amides is 2. The summed E-state index contributed by atoms with van der Waals surface area (Å²) < 4.78 is 5.05. The molecule has 0 aliphatic carbocycles. The highest BCUT2D eigenvalue weighted by molar-refractivity contribution is 6.32. The number of carbonyl (C=O) groups excluding carboxylic acids is 3. The summed E-state index contributed by atoms with van der Waals surface area (Å²) in [5.41, 5.74) is 0.523. The van der Waals surface area contributed by atoms with E-state index in [4.69, 9.17) is 27.9 Å². The van der Waals surface area contributed by atoms with Crippen molar-refractivity contribution in [2.75, 3.05) is 13.2 Å². The largest absolute Gasteiger partial charge is 0.454 e. The molecule has 0 aliphatic heterocycles. The minimum Gasteiger partial charge on any atom is -0.454 e. The molecular weight excluding hydrogens is 473 g/mol. The summed E-state index contributed by atoms with van der Waals surface area (Å²) in [5, 5.41) is 16.7. The molecule has 11 heteroatoms. The molecule has 0 unspecified atom stereocenters. The molecule has 0 heterocycles. The van der Waals surface area contributed by atoms with E-state index in [-0.39, 0.29) is 16.5 Å². The molecule has 0 aliphatic rings. The Morgan fingerprint density at radius 3 is 2.36 bits per heavy atom. The number of esters is 1. The minimum absolute atomic E-state index is 0.0375. The number of carbonyl (C=O) groups is 3. The summed E-state index contributed by atoms with van der Waals surface area (Å²) in [6.45, 7) is 3.20. The average molecular weight is 496 g/mol. The van der Waals surface area contributed by atoms with Crippen molar-refractivity contribution >= 4 is 46.7 Å². The molecule has 0 bridgehead atoms. The standard InChI is InChI=1S/C22H23Cl2N3O6/c1-13(2)20(26-21(29)15-5-8-17(24)18(11-15)27(31)32)22(30)33-12-19(28)25-10-9-14-3-6-16(23)7-4-14/h3-8,11,13,20H,9-10,12H2,1-2H3,(H,25,28)(H,26,29)/t20-/m0/s1. The van der Waals surface area contributed by atoms with Crippen LogP contribution in [0.4, 0.5) is 5.69 Å². The highest BCUT2D eigenvalue weighted by Crippen LogP contribution is 2.25. The minimum atomic E-state index is -1.06. The zero-order valence-corrected chi connectivity index (χ0v) is 19.5. The summed E-state index contributed by atoms with van der Waals surface area (Å²) in [5.74, 6) is -2.36. The first-order chi connectivity index (χ1) is 15.6. The quantitative estimate of drug-likeness (QED) is 0.294. The van der Waals surface area contributed by atoms with E-state index < -0.39 is 41.0 Å². The summed E-state index contributed by atoms with van der Waals surface area (Å²) in [6.07, 6.45) is 0.578. The molecule has 0 saturated carbocycles. The van der Waals surface area contributed by atoms with Crippen LogP contribution in [0.15, 0.2) is 42.5 Å². The molecule has 0 aromatic heterocycles. The molecule has 2 rings (SSSR count). The van der Waals surface area contributed by atoms with Gasteiger partial charge in [-0.1, -0.05) is 49.2 Å². The van der Waals surface area contributed by atoms with Crippen molar-refractivity contribution in [3.05, 3.63) is 73.8 Å². The molecule has 0 fully saturated rings. The predicted molar refractivity (Wildman–Crippen MR) is 123 cm³/mol. The van der Waals surface area contributed by atoms with E-state index in [9.17, 15) is 24.5 Å². The second-order valence-electron chi connectivity index (χ2n) is 7.45. The fraction of sp³-hybridized carbons (Fsp3) is 0.318. The topological polar surface area (TPSA) is 128 Å². The predicted octanol–water partition coefficient (Wildman–Crippen LogP) is 3.56. The van der Waals surface area contributed by atoms with E-state index in [0.717, 1.165) is 11.6 Å². The summed E-state index contributed by atoms with van der Waals surface area (Å²) in [7, 11) is 0. The van der Waals surface area contributed by atoms with Crippen molar-refractivity contribution in [3.63, 3.8) is 0 Å². The van der Waals surface area contributed by atoms with Gasteiger partial charge in [0.15, 0.2) is 6.61 Å². The molecule has 2 amide bonds.